The lowest BCUT2D eigenvalue weighted by Gasteiger charge is -2.18. The molecule has 0 N–H and O–H groups in total. The van der Waals surface area contributed by atoms with E-state index in [1.807, 2.05) is 0 Å². The van der Waals surface area contributed by atoms with Crippen LogP contribution in [-0.2, 0) is 28.6 Å². The van der Waals surface area contributed by atoms with Crippen molar-refractivity contribution in [1.29, 1.82) is 0 Å². The van der Waals surface area contributed by atoms with Gasteiger partial charge in [-0.3, -0.25) is 14.4 Å². The second-order valence-corrected chi connectivity index (χ2v) is 21.3. The van der Waals surface area contributed by atoms with Gasteiger partial charge in [-0.2, -0.15) is 0 Å². The van der Waals surface area contributed by atoms with Gasteiger partial charge in [0.15, 0.2) is 6.10 Å². The lowest BCUT2D eigenvalue weighted by Crippen LogP contribution is -2.30. The molecule has 0 saturated heterocycles. The molecule has 6 heteroatoms. The maximum absolute atomic E-state index is 12.8. The van der Waals surface area contributed by atoms with Crippen LogP contribution in [0.25, 0.3) is 0 Å². The van der Waals surface area contributed by atoms with Crippen LogP contribution in [0.15, 0.2) is 48.6 Å². The van der Waals surface area contributed by atoms with Crippen LogP contribution in [0.5, 0.6) is 0 Å². The van der Waals surface area contributed by atoms with Gasteiger partial charge in [-0.15, -0.1) is 0 Å². The monoisotopic (exact) mass is 1010 g/mol. The van der Waals surface area contributed by atoms with Gasteiger partial charge < -0.3 is 14.2 Å². The van der Waals surface area contributed by atoms with Gasteiger partial charge in [0.05, 0.1) is 0 Å². The predicted molar refractivity (Wildman–Crippen MR) is 312 cm³/mol. The minimum atomic E-state index is -0.773. The number of hydrogen-bond donors (Lipinski definition) is 0. The Hall–Kier alpha value is -2.63. The molecule has 420 valence electrons. The van der Waals surface area contributed by atoms with E-state index in [1.165, 1.54) is 218 Å². The van der Waals surface area contributed by atoms with Gasteiger partial charge in [0.2, 0.25) is 0 Å². The van der Waals surface area contributed by atoms with E-state index in [1.54, 1.807) is 0 Å². The molecular weight excluding hydrogens is 889 g/mol. The van der Waals surface area contributed by atoms with Crippen molar-refractivity contribution in [2.75, 3.05) is 13.2 Å². The number of rotatable bonds is 58. The number of esters is 3. The fourth-order valence-corrected chi connectivity index (χ4v) is 9.27. The van der Waals surface area contributed by atoms with Crippen LogP contribution in [0.2, 0.25) is 0 Å². The maximum Gasteiger partial charge on any atom is 0.306 e. The first-order chi connectivity index (χ1) is 35.5. The van der Waals surface area contributed by atoms with Gasteiger partial charge in [-0.1, -0.05) is 281 Å². The molecule has 0 heterocycles. The minimum absolute atomic E-state index is 0.0720. The van der Waals surface area contributed by atoms with Crippen LogP contribution < -0.4 is 0 Å². The van der Waals surface area contributed by atoms with Crippen molar-refractivity contribution in [3.05, 3.63) is 48.6 Å². The Morgan fingerprint density at radius 2 is 0.500 bits per heavy atom. The quantitative estimate of drug-likeness (QED) is 0.0261. The molecule has 0 radical (unpaired) electrons. The largest absolute Gasteiger partial charge is 0.462 e. The predicted octanol–water partition coefficient (Wildman–Crippen LogP) is 21.4. The smallest absolute Gasteiger partial charge is 0.306 e. The zero-order valence-corrected chi connectivity index (χ0v) is 48.2. The molecular formula is C66H120O6. The summed E-state index contributed by atoms with van der Waals surface area (Å²) >= 11 is 0. The van der Waals surface area contributed by atoms with E-state index in [2.05, 4.69) is 69.4 Å². The van der Waals surface area contributed by atoms with Crippen molar-refractivity contribution in [3.8, 4) is 0 Å². The summed E-state index contributed by atoms with van der Waals surface area (Å²) in [7, 11) is 0. The van der Waals surface area contributed by atoms with Crippen LogP contribution in [0.1, 0.15) is 335 Å². The van der Waals surface area contributed by atoms with E-state index in [0.29, 0.717) is 19.3 Å². The van der Waals surface area contributed by atoms with Crippen LogP contribution in [-0.4, -0.2) is 37.2 Å². The van der Waals surface area contributed by atoms with Crippen LogP contribution in [0, 0.1) is 0 Å². The molecule has 6 nitrogen and oxygen atoms in total. The second kappa shape index (κ2) is 60.9. The first-order valence-electron chi connectivity index (χ1n) is 31.6. The van der Waals surface area contributed by atoms with Crippen LogP contribution >= 0.6 is 0 Å². The van der Waals surface area contributed by atoms with E-state index in [9.17, 15) is 14.4 Å². The highest BCUT2D eigenvalue weighted by atomic mass is 16.6. The third-order valence-electron chi connectivity index (χ3n) is 14.1. The summed E-state index contributed by atoms with van der Waals surface area (Å²) < 4.78 is 16.9. The third kappa shape index (κ3) is 58.3. The van der Waals surface area contributed by atoms with Gasteiger partial charge >= 0.3 is 17.9 Å². The summed E-state index contributed by atoms with van der Waals surface area (Å²) in [5, 5.41) is 0. The standard InChI is InChI=1S/C66H120O6/c1-4-7-10-13-16-19-22-25-26-27-28-29-30-31-32-33-34-35-36-37-38-39-40-42-44-47-50-53-56-59-65(68)71-62-63(61-70-64(67)58-55-52-49-46-43-24-21-18-15-12-9-6-3)72-66(69)60-57-54-51-48-45-41-23-20-17-14-11-8-5-2/h18,21-22,25,27-28,30-31,63H,4-17,19-20,23-24,26,29,32-62H2,1-3H3/b21-18-,25-22-,28-27-,31-30-. The molecule has 72 heavy (non-hydrogen) atoms. The number of allylic oxidation sites excluding steroid dienone is 8. The molecule has 0 aromatic rings. The van der Waals surface area contributed by atoms with Gasteiger partial charge in [0, 0.05) is 19.3 Å². The highest BCUT2D eigenvalue weighted by molar-refractivity contribution is 5.71. The molecule has 0 spiro atoms. The van der Waals surface area contributed by atoms with Gasteiger partial charge in [0.25, 0.3) is 0 Å². The van der Waals surface area contributed by atoms with Crippen molar-refractivity contribution in [2.45, 2.75) is 341 Å². The topological polar surface area (TPSA) is 78.9 Å². The summed E-state index contributed by atoms with van der Waals surface area (Å²) in [4.78, 5) is 38.2. The van der Waals surface area contributed by atoms with Crippen molar-refractivity contribution in [1.82, 2.24) is 0 Å². The zero-order chi connectivity index (χ0) is 52.2. The van der Waals surface area contributed by atoms with E-state index in [4.69, 9.17) is 14.2 Å². The third-order valence-corrected chi connectivity index (χ3v) is 14.1. The SMILES string of the molecule is CCCCC/C=C\CCCCCCCC(=O)OCC(COC(=O)CCCCCCCCCCCCCCCC/C=C\C/C=C\C/C=C\CCCCCCC)OC(=O)CCCCCCCCCCCCCCC. The Bertz CT molecular complexity index is 1250. The molecule has 1 unspecified atom stereocenters. The van der Waals surface area contributed by atoms with Crippen molar-refractivity contribution >= 4 is 17.9 Å². The maximum atomic E-state index is 12.8. The molecule has 1 atom stereocenters. The fraction of sp³-hybridized carbons (Fsp3) is 0.833. The Kier molecular flexibility index (Phi) is 58.7. The Balaban J connectivity index is 4.15. The molecule has 0 saturated carbocycles. The molecule has 0 aliphatic rings. The molecule has 0 rings (SSSR count). The molecule has 0 aliphatic carbocycles. The number of carbonyl (C=O) groups excluding carboxylic acids is 3. The number of hydrogen-bond acceptors (Lipinski definition) is 6. The van der Waals surface area contributed by atoms with E-state index in [-0.39, 0.29) is 31.1 Å². The molecule has 0 aromatic carbocycles. The number of carbonyl (C=O) groups is 3. The molecule has 0 fully saturated rings. The Morgan fingerprint density at radius 1 is 0.278 bits per heavy atom. The normalized spacial score (nSPS) is 12.3. The Labute approximate surface area is 448 Å². The van der Waals surface area contributed by atoms with Crippen LogP contribution in [0.4, 0.5) is 0 Å². The molecule has 0 bridgehead atoms. The van der Waals surface area contributed by atoms with Gasteiger partial charge in [0.1, 0.15) is 13.2 Å². The lowest BCUT2D eigenvalue weighted by atomic mass is 10.0. The lowest BCUT2D eigenvalue weighted by molar-refractivity contribution is -0.167. The minimum Gasteiger partial charge on any atom is -0.462 e. The molecule has 0 aliphatic heterocycles. The van der Waals surface area contributed by atoms with Gasteiger partial charge in [-0.05, 0) is 83.5 Å². The Morgan fingerprint density at radius 3 is 0.819 bits per heavy atom. The van der Waals surface area contributed by atoms with Gasteiger partial charge in [-0.25, -0.2) is 0 Å². The number of ether oxygens (including phenoxy) is 3. The first-order valence-corrected chi connectivity index (χ1v) is 31.6. The zero-order valence-electron chi connectivity index (χ0n) is 48.2. The van der Waals surface area contributed by atoms with Crippen molar-refractivity contribution < 1.29 is 28.6 Å². The van der Waals surface area contributed by atoms with Crippen LogP contribution in [0.3, 0.4) is 0 Å². The summed E-state index contributed by atoms with van der Waals surface area (Å²) in [5.74, 6) is -0.865. The first kappa shape index (κ1) is 69.4. The second-order valence-electron chi connectivity index (χ2n) is 21.3. The highest BCUT2D eigenvalue weighted by Crippen LogP contribution is 2.17. The van der Waals surface area contributed by atoms with E-state index in [0.717, 1.165) is 77.0 Å². The molecule has 0 amide bonds. The average molecular weight is 1010 g/mol. The number of unbranched alkanes of at least 4 members (excludes halogenated alkanes) is 39. The summed E-state index contributed by atoms with van der Waals surface area (Å²) in [5.41, 5.74) is 0. The average Bonchev–Trinajstić information content (AvgIpc) is 3.38. The highest BCUT2D eigenvalue weighted by Gasteiger charge is 2.19. The summed E-state index contributed by atoms with van der Waals surface area (Å²) in [6.07, 6.45) is 75.5. The molecule has 0 aromatic heterocycles. The fourth-order valence-electron chi connectivity index (χ4n) is 9.27. The van der Waals surface area contributed by atoms with Crippen molar-refractivity contribution in [2.24, 2.45) is 0 Å². The van der Waals surface area contributed by atoms with E-state index >= 15 is 0 Å². The van der Waals surface area contributed by atoms with Crippen molar-refractivity contribution in [3.63, 3.8) is 0 Å². The van der Waals surface area contributed by atoms with E-state index < -0.39 is 6.10 Å². The summed E-state index contributed by atoms with van der Waals surface area (Å²) in [6.45, 7) is 6.63. The summed E-state index contributed by atoms with van der Waals surface area (Å²) in [6, 6.07) is 0.